The van der Waals surface area contributed by atoms with Crippen LogP contribution >= 0.6 is 34.8 Å². The molecular weight excluding hydrogens is 581 g/mol. The van der Waals surface area contributed by atoms with Crippen molar-refractivity contribution in [3.8, 4) is 0 Å². The van der Waals surface area contributed by atoms with Crippen molar-refractivity contribution in [1.82, 2.24) is 10.2 Å². The van der Waals surface area contributed by atoms with E-state index in [1.807, 2.05) is 6.92 Å². The molecule has 2 heterocycles. The van der Waals surface area contributed by atoms with Crippen LogP contribution in [0.3, 0.4) is 0 Å². The van der Waals surface area contributed by atoms with Crippen molar-refractivity contribution in [3.05, 3.63) is 30.3 Å². The molecule has 1 aromatic rings. The number of hydrogen-bond donors (Lipinski definition) is 1. The van der Waals surface area contributed by atoms with Gasteiger partial charge >= 0.3 is 12.1 Å². The number of rotatable bonds is 8. The fourth-order valence-electron chi connectivity index (χ4n) is 4.62. The molecule has 2 aliphatic heterocycles. The van der Waals surface area contributed by atoms with E-state index in [9.17, 15) is 23.4 Å². The van der Waals surface area contributed by atoms with Gasteiger partial charge in [0.1, 0.15) is 36.7 Å². The van der Waals surface area contributed by atoms with Crippen LogP contribution < -0.4 is 10.2 Å². The highest BCUT2D eigenvalue weighted by Crippen LogP contribution is 2.44. The number of benzene rings is 1. The summed E-state index contributed by atoms with van der Waals surface area (Å²) in [4.78, 5) is 54.1. The number of fused-ring (bicyclic) bond motifs is 1. The smallest absolute Gasteiger partial charge is 0.415 e. The molecule has 0 spiro atoms. The number of ether oxygens (including phenoxy) is 2. The zero-order chi connectivity index (χ0) is 28.0. The Morgan fingerprint density at radius 1 is 1.21 bits per heavy atom. The number of para-hydroxylation sites is 1. The SMILES string of the molecule is CC(OC(=O)N(CC(=O)NC1C(=O)N2C(C(=O)OCC(Cl)(Cl)Cl)C(C)(C)S(=O)[C@H]12)c1ccccc1)C1CC1. The largest absolute Gasteiger partial charge is 0.460 e. The summed E-state index contributed by atoms with van der Waals surface area (Å²) in [7, 11) is -1.74. The molecule has 14 heteroatoms. The number of nitrogens with zero attached hydrogens (tertiary/aromatic N) is 2. The maximum Gasteiger partial charge on any atom is 0.415 e. The number of carbonyl (C=O) groups is 4. The van der Waals surface area contributed by atoms with Gasteiger partial charge in [-0.2, -0.15) is 0 Å². The van der Waals surface area contributed by atoms with Crippen LogP contribution in [0.1, 0.15) is 33.6 Å². The van der Waals surface area contributed by atoms with E-state index in [2.05, 4.69) is 5.32 Å². The summed E-state index contributed by atoms with van der Waals surface area (Å²) in [5, 5.41) is 1.62. The van der Waals surface area contributed by atoms with Crippen LogP contribution in [0.25, 0.3) is 0 Å². The van der Waals surface area contributed by atoms with Crippen LogP contribution in [0.4, 0.5) is 10.5 Å². The first-order valence-electron chi connectivity index (χ1n) is 12.0. The van der Waals surface area contributed by atoms with E-state index in [1.54, 1.807) is 44.2 Å². The lowest BCUT2D eigenvalue weighted by atomic mass is 9.96. The maximum absolute atomic E-state index is 13.3. The number of alkyl halides is 3. The molecule has 4 unspecified atom stereocenters. The van der Waals surface area contributed by atoms with Gasteiger partial charge in [-0.05, 0) is 51.7 Å². The fourth-order valence-corrected chi connectivity index (χ4v) is 6.70. The summed E-state index contributed by atoms with van der Waals surface area (Å²) >= 11 is 17.0. The lowest BCUT2D eigenvalue weighted by Crippen LogP contribution is -2.72. The highest BCUT2D eigenvalue weighted by Gasteiger charge is 2.68. The Morgan fingerprint density at radius 2 is 1.84 bits per heavy atom. The summed E-state index contributed by atoms with van der Waals surface area (Å²) in [6.07, 6.45) is 0.984. The Hall–Kier alpha value is -2.08. The van der Waals surface area contributed by atoms with E-state index in [-0.39, 0.29) is 6.10 Å². The molecule has 2 saturated heterocycles. The van der Waals surface area contributed by atoms with Crippen molar-refractivity contribution >= 4 is 75.2 Å². The summed E-state index contributed by atoms with van der Waals surface area (Å²) in [5.74, 6) is -1.81. The van der Waals surface area contributed by atoms with Gasteiger partial charge in [0.25, 0.3) is 0 Å². The minimum Gasteiger partial charge on any atom is -0.460 e. The predicted molar refractivity (Wildman–Crippen MR) is 142 cm³/mol. The summed E-state index contributed by atoms with van der Waals surface area (Å²) < 4.78 is 20.9. The van der Waals surface area contributed by atoms with Crippen molar-refractivity contribution in [2.75, 3.05) is 18.1 Å². The number of anilines is 1. The van der Waals surface area contributed by atoms with Gasteiger partial charge in [0, 0.05) is 5.69 Å². The molecule has 38 heavy (non-hydrogen) atoms. The van der Waals surface area contributed by atoms with Crippen LogP contribution in [0, 0.1) is 5.92 Å². The van der Waals surface area contributed by atoms with Gasteiger partial charge < -0.3 is 19.7 Å². The number of nitrogens with one attached hydrogen (secondary N) is 1. The molecule has 1 aliphatic carbocycles. The Morgan fingerprint density at radius 3 is 2.42 bits per heavy atom. The average Bonchev–Trinajstić information content (AvgIpc) is 3.67. The van der Waals surface area contributed by atoms with Crippen LogP contribution in [-0.2, 0) is 34.7 Å². The molecule has 3 aliphatic rings. The normalized spacial score (nSPS) is 26.6. The monoisotopic (exact) mass is 607 g/mol. The molecule has 3 amide bonds. The van der Waals surface area contributed by atoms with E-state index in [0.717, 1.165) is 17.7 Å². The summed E-state index contributed by atoms with van der Waals surface area (Å²) in [6, 6.07) is 6.19. The predicted octanol–water partition coefficient (Wildman–Crippen LogP) is 2.90. The Balaban J connectivity index is 1.45. The van der Waals surface area contributed by atoms with Gasteiger partial charge in [-0.3, -0.25) is 18.7 Å². The standard InChI is InChI=1S/C24H28Cl3N3O7S/c1-13(14-9-10-14)37-22(34)29(15-7-5-4-6-8-15)11-16(31)28-17-19(32)30-18(21(33)36-12-24(25,26)27)23(2,3)38(35)20(17)30/h4-8,13-14,17-18,20H,9-12H2,1-3H3,(H,28,31)/t13?,17?,18?,20-,38?/m1/s1. The van der Waals surface area contributed by atoms with Crippen molar-refractivity contribution in [2.24, 2.45) is 5.92 Å². The third-order valence-electron chi connectivity index (χ3n) is 6.83. The van der Waals surface area contributed by atoms with Gasteiger partial charge in [0.05, 0.1) is 15.5 Å². The molecule has 208 valence electrons. The summed E-state index contributed by atoms with van der Waals surface area (Å²) in [6.45, 7) is 3.95. The molecular formula is C24H28Cl3N3O7S. The van der Waals surface area contributed by atoms with Gasteiger partial charge in [0.2, 0.25) is 15.6 Å². The zero-order valence-electron chi connectivity index (χ0n) is 20.9. The molecule has 1 N–H and O–H groups in total. The Bertz CT molecular complexity index is 1140. The second kappa shape index (κ2) is 10.8. The molecule has 0 radical (unpaired) electrons. The van der Waals surface area contributed by atoms with Crippen molar-refractivity contribution < 1.29 is 32.9 Å². The van der Waals surface area contributed by atoms with Gasteiger partial charge in [-0.25, -0.2) is 9.59 Å². The number of carbonyl (C=O) groups excluding carboxylic acids is 4. The van der Waals surface area contributed by atoms with E-state index in [4.69, 9.17) is 44.3 Å². The quantitative estimate of drug-likeness (QED) is 0.274. The van der Waals surface area contributed by atoms with Crippen molar-refractivity contribution in [3.63, 3.8) is 0 Å². The molecule has 1 saturated carbocycles. The van der Waals surface area contributed by atoms with Crippen LogP contribution in [0.2, 0.25) is 0 Å². The molecule has 10 nitrogen and oxygen atoms in total. The lowest BCUT2D eigenvalue weighted by Gasteiger charge is -2.43. The highest BCUT2D eigenvalue weighted by molar-refractivity contribution is 7.87. The first kappa shape index (κ1) is 28.9. The minimum atomic E-state index is -1.85. The van der Waals surface area contributed by atoms with E-state index in [1.165, 1.54) is 4.90 Å². The number of esters is 1. The van der Waals surface area contributed by atoms with Crippen molar-refractivity contribution in [2.45, 2.75) is 65.7 Å². The zero-order valence-corrected chi connectivity index (χ0v) is 24.0. The molecule has 0 aromatic heterocycles. The third kappa shape index (κ3) is 5.90. The molecule has 4 rings (SSSR count). The van der Waals surface area contributed by atoms with E-state index >= 15 is 0 Å². The Kier molecular flexibility index (Phi) is 8.24. The van der Waals surface area contributed by atoms with Gasteiger partial charge in [0.15, 0.2) is 0 Å². The Labute approximate surface area is 237 Å². The van der Waals surface area contributed by atoms with Gasteiger partial charge in [-0.15, -0.1) is 0 Å². The average molecular weight is 609 g/mol. The lowest BCUT2D eigenvalue weighted by molar-refractivity contribution is -0.164. The van der Waals surface area contributed by atoms with Gasteiger partial charge in [-0.1, -0.05) is 53.0 Å². The number of hydrogen-bond acceptors (Lipinski definition) is 7. The van der Waals surface area contributed by atoms with Crippen LogP contribution in [0.15, 0.2) is 30.3 Å². The molecule has 1 aromatic carbocycles. The second-order valence-electron chi connectivity index (χ2n) is 10.1. The number of amides is 3. The van der Waals surface area contributed by atoms with E-state index < -0.39 is 73.8 Å². The number of β-lactam (4-membered cyclic amide) rings is 1. The number of halogens is 3. The molecule has 0 bridgehead atoms. The topological polar surface area (TPSA) is 122 Å². The van der Waals surface area contributed by atoms with Crippen molar-refractivity contribution in [1.29, 1.82) is 0 Å². The first-order chi connectivity index (χ1) is 17.7. The van der Waals surface area contributed by atoms with Crippen LogP contribution in [0.5, 0.6) is 0 Å². The minimum absolute atomic E-state index is 0.292. The summed E-state index contributed by atoms with van der Waals surface area (Å²) in [5.41, 5.74) is 0.444. The molecule has 3 fully saturated rings. The third-order valence-corrected chi connectivity index (χ3v) is 9.36. The second-order valence-corrected chi connectivity index (χ2v) is 14.7. The highest BCUT2D eigenvalue weighted by atomic mass is 35.6. The maximum atomic E-state index is 13.3. The van der Waals surface area contributed by atoms with E-state index in [0.29, 0.717) is 11.6 Å². The molecule has 5 atom stereocenters. The fraction of sp³-hybridized carbons (Fsp3) is 0.583. The van der Waals surface area contributed by atoms with Crippen LogP contribution in [-0.4, -0.2) is 78.2 Å². The first-order valence-corrected chi connectivity index (χ1v) is 14.4.